The number of hydrogen-bond donors (Lipinski definition) is 1. The van der Waals surface area contributed by atoms with Crippen LogP contribution in [0.4, 0.5) is 5.82 Å². The average Bonchev–Trinajstić information content (AvgIpc) is 2.35. The molecule has 0 amide bonds. The van der Waals surface area contributed by atoms with E-state index in [1.54, 1.807) is 0 Å². The lowest BCUT2D eigenvalue weighted by Crippen LogP contribution is -2.33. The van der Waals surface area contributed by atoms with E-state index in [0.717, 1.165) is 18.0 Å². The summed E-state index contributed by atoms with van der Waals surface area (Å²) < 4.78 is 0. The maximum atomic E-state index is 8.89. The third-order valence-corrected chi connectivity index (χ3v) is 3.33. The molecular weight excluding hydrogens is 222 g/mol. The van der Waals surface area contributed by atoms with Gasteiger partial charge in [0.1, 0.15) is 0 Å². The van der Waals surface area contributed by atoms with Crippen LogP contribution < -0.4 is 4.90 Å². The lowest BCUT2D eigenvalue weighted by molar-refractivity contribution is 0.275. The average molecular weight is 241 g/mol. The molecule has 0 bridgehead atoms. The summed E-state index contributed by atoms with van der Waals surface area (Å²) in [6, 6.07) is 4.19. The predicted molar refractivity (Wildman–Crippen MR) is 68.8 cm³/mol. The first-order valence-corrected chi connectivity index (χ1v) is 6.77. The monoisotopic (exact) mass is 241 g/mol. The first kappa shape index (κ1) is 13.3. The number of aliphatic hydroxyl groups excluding tert-OH is 1. The second-order valence-electron chi connectivity index (χ2n) is 3.67. The number of aromatic nitrogens is 2. The smallest absolute Gasteiger partial charge is 0.151 e. The van der Waals surface area contributed by atoms with E-state index in [1.165, 1.54) is 0 Å². The van der Waals surface area contributed by atoms with Gasteiger partial charge >= 0.3 is 0 Å². The summed E-state index contributed by atoms with van der Waals surface area (Å²) >= 11 is 1.84. The van der Waals surface area contributed by atoms with Gasteiger partial charge in [0.2, 0.25) is 0 Å². The van der Waals surface area contributed by atoms with E-state index in [9.17, 15) is 0 Å². The Bertz CT molecular complexity index is 305. The van der Waals surface area contributed by atoms with E-state index in [0.29, 0.717) is 11.7 Å². The van der Waals surface area contributed by atoms with Gasteiger partial charge in [-0.25, -0.2) is 0 Å². The second-order valence-corrected chi connectivity index (χ2v) is 4.58. The van der Waals surface area contributed by atoms with E-state index in [2.05, 4.69) is 28.3 Å². The fourth-order valence-corrected chi connectivity index (χ4v) is 2.35. The van der Waals surface area contributed by atoms with Gasteiger partial charge in [-0.15, -0.1) is 5.10 Å². The standard InChI is InChI=1S/C11H19N3OS/c1-4-10(8-16-3)14(2)11-6-5-9(7-15)12-13-11/h5-6,10,15H,4,7-8H2,1-3H3. The van der Waals surface area contributed by atoms with E-state index >= 15 is 0 Å². The maximum Gasteiger partial charge on any atom is 0.151 e. The highest BCUT2D eigenvalue weighted by molar-refractivity contribution is 7.98. The zero-order valence-corrected chi connectivity index (χ0v) is 10.9. The first-order valence-electron chi connectivity index (χ1n) is 5.38. The molecule has 90 valence electrons. The van der Waals surface area contributed by atoms with Crippen LogP contribution in [0.15, 0.2) is 12.1 Å². The van der Waals surface area contributed by atoms with E-state index in [1.807, 2.05) is 30.9 Å². The molecule has 0 fully saturated rings. The van der Waals surface area contributed by atoms with Crippen molar-refractivity contribution in [3.8, 4) is 0 Å². The molecule has 0 aliphatic carbocycles. The van der Waals surface area contributed by atoms with Crippen LogP contribution in [-0.2, 0) is 6.61 Å². The highest BCUT2D eigenvalue weighted by Crippen LogP contribution is 2.15. The van der Waals surface area contributed by atoms with Gasteiger partial charge in [-0.2, -0.15) is 16.9 Å². The first-order chi connectivity index (χ1) is 7.72. The molecule has 0 saturated carbocycles. The van der Waals surface area contributed by atoms with Crippen molar-refractivity contribution in [2.24, 2.45) is 0 Å². The Labute approximate surface area is 101 Å². The molecular formula is C11H19N3OS. The van der Waals surface area contributed by atoms with Crippen molar-refractivity contribution in [3.63, 3.8) is 0 Å². The number of thioether (sulfide) groups is 1. The molecule has 1 unspecified atom stereocenters. The highest BCUT2D eigenvalue weighted by Gasteiger charge is 2.13. The molecule has 0 aliphatic rings. The molecule has 0 radical (unpaired) electrons. The summed E-state index contributed by atoms with van der Waals surface area (Å²) in [4.78, 5) is 2.14. The Hall–Kier alpha value is -0.810. The van der Waals surface area contributed by atoms with Gasteiger partial charge in [0, 0.05) is 18.8 Å². The molecule has 0 aromatic carbocycles. The molecule has 5 heteroatoms. The van der Waals surface area contributed by atoms with Gasteiger partial charge < -0.3 is 10.0 Å². The van der Waals surface area contributed by atoms with Crippen LogP contribution in [-0.4, -0.2) is 40.4 Å². The molecule has 0 spiro atoms. The lowest BCUT2D eigenvalue weighted by Gasteiger charge is -2.27. The van der Waals surface area contributed by atoms with E-state index < -0.39 is 0 Å². The number of aliphatic hydroxyl groups is 1. The van der Waals surface area contributed by atoms with Crippen molar-refractivity contribution in [1.82, 2.24) is 10.2 Å². The van der Waals surface area contributed by atoms with Crippen molar-refractivity contribution < 1.29 is 5.11 Å². The minimum Gasteiger partial charge on any atom is -0.390 e. The van der Waals surface area contributed by atoms with Crippen LogP contribution in [0.3, 0.4) is 0 Å². The Balaban J connectivity index is 2.73. The number of rotatable bonds is 6. The summed E-state index contributed by atoms with van der Waals surface area (Å²) in [5, 5.41) is 16.9. The summed E-state index contributed by atoms with van der Waals surface area (Å²) in [7, 11) is 2.03. The zero-order valence-electron chi connectivity index (χ0n) is 10.1. The molecule has 1 N–H and O–H groups in total. The Morgan fingerprint density at radius 2 is 2.19 bits per heavy atom. The van der Waals surface area contributed by atoms with Crippen LogP contribution >= 0.6 is 11.8 Å². The molecule has 1 aromatic heterocycles. The van der Waals surface area contributed by atoms with Crippen molar-refractivity contribution in [2.75, 3.05) is 24.0 Å². The predicted octanol–water partition coefficient (Wildman–Crippen LogP) is 1.55. The van der Waals surface area contributed by atoms with Crippen LogP contribution in [0.2, 0.25) is 0 Å². The second kappa shape index (κ2) is 6.70. The van der Waals surface area contributed by atoms with Crippen LogP contribution in [0, 0.1) is 0 Å². The molecule has 0 saturated heterocycles. The summed E-state index contributed by atoms with van der Waals surface area (Å²) in [5.41, 5.74) is 0.607. The molecule has 1 rings (SSSR count). The largest absolute Gasteiger partial charge is 0.390 e. The van der Waals surface area contributed by atoms with Gasteiger partial charge in [0.25, 0.3) is 0 Å². The maximum absolute atomic E-state index is 8.89. The van der Waals surface area contributed by atoms with Gasteiger partial charge in [-0.3, -0.25) is 0 Å². The minimum absolute atomic E-state index is 0.0565. The summed E-state index contributed by atoms with van der Waals surface area (Å²) in [5.74, 6) is 1.94. The van der Waals surface area contributed by atoms with Gasteiger partial charge in [-0.1, -0.05) is 6.92 Å². The van der Waals surface area contributed by atoms with Crippen LogP contribution in [0.1, 0.15) is 19.0 Å². The van der Waals surface area contributed by atoms with Crippen molar-refractivity contribution in [3.05, 3.63) is 17.8 Å². The molecule has 0 aliphatic heterocycles. The number of hydrogen-bond acceptors (Lipinski definition) is 5. The van der Waals surface area contributed by atoms with Gasteiger partial charge in [0.15, 0.2) is 5.82 Å². The SMILES string of the molecule is CCC(CSC)N(C)c1ccc(CO)nn1. The Morgan fingerprint density at radius 3 is 2.62 bits per heavy atom. The molecule has 16 heavy (non-hydrogen) atoms. The van der Waals surface area contributed by atoms with Gasteiger partial charge in [0.05, 0.1) is 12.3 Å². The lowest BCUT2D eigenvalue weighted by atomic mass is 10.2. The molecule has 1 heterocycles. The number of anilines is 1. The normalized spacial score (nSPS) is 12.5. The highest BCUT2D eigenvalue weighted by atomic mass is 32.2. The molecule has 1 atom stereocenters. The molecule has 1 aromatic rings. The van der Waals surface area contributed by atoms with Gasteiger partial charge in [-0.05, 0) is 24.8 Å². The van der Waals surface area contributed by atoms with E-state index in [-0.39, 0.29) is 6.61 Å². The third kappa shape index (κ3) is 3.35. The van der Waals surface area contributed by atoms with Crippen molar-refractivity contribution >= 4 is 17.6 Å². The Morgan fingerprint density at radius 1 is 1.44 bits per heavy atom. The third-order valence-electron chi connectivity index (χ3n) is 2.61. The van der Waals surface area contributed by atoms with Crippen LogP contribution in [0.25, 0.3) is 0 Å². The zero-order chi connectivity index (χ0) is 12.0. The topological polar surface area (TPSA) is 49.2 Å². The fraction of sp³-hybridized carbons (Fsp3) is 0.636. The van der Waals surface area contributed by atoms with Crippen molar-refractivity contribution in [1.29, 1.82) is 0 Å². The minimum atomic E-state index is -0.0565. The fourth-order valence-electron chi connectivity index (χ4n) is 1.51. The quantitative estimate of drug-likeness (QED) is 0.819. The van der Waals surface area contributed by atoms with Crippen LogP contribution in [0.5, 0.6) is 0 Å². The molecule has 4 nitrogen and oxygen atoms in total. The Kier molecular flexibility index (Phi) is 5.55. The van der Waals surface area contributed by atoms with Crippen molar-refractivity contribution in [2.45, 2.75) is 26.0 Å². The summed E-state index contributed by atoms with van der Waals surface area (Å²) in [6.07, 6.45) is 3.19. The van der Waals surface area contributed by atoms with E-state index in [4.69, 9.17) is 5.11 Å². The number of nitrogens with zero attached hydrogens (tertiary/aromatic N) is 3. The summed E-state index contributed by atoms with van der Waals surface area (Å²) in [6.45, 7) is 2.12.